The van der Waals surface area contributed by atoms with E-state index in [1.54, 1.807) is 0 Å². The summed E-state index contributed by atoms with van der Waals surface area (Å²) in [6, 6.07) is 20.3. The van der Waals surface area contributed by atoms with E-state index in [9.17, 15) is 4.79 Å². The van der Waals surface area contributed by atoms with Crippen LogP contribution in [0.15, 0.2) is 73.1 Å². The van der Waals surface area contributed by atoms with E-state index in [1.807, 2.05) is 72.2 Å². The van der Waals surface area contributed by atoms with Crippen LogP contribution < -0.4 is 5.32 Å². The Kier molecular flexibility index (Phi) is 4.79. The summed E-state index contributed by atoms with van der Waals surface area (Å²) in [6.07, 6.45) is 4.74. The highest BCUT2D eigenvalue weighted by Gasteiger charge is 2.20. The number of nitrogens with one attached hydrogen (secondary N) is 2. The maximum atomic E-state index is 13.3. The quantitative estimate of drug-likeness (QED) is 0.426. The lowest BCUT2D eigenvalue weighted by atomic mass is 10.1. The van der Waals surface area contributed by atoms with Gasteiger partial charge in [0.1, 0.15) is 17.0 Å². The molecule has 2 aromatic carbocycles. The number of pyridine rings is 1. The minimum Gasteiger partial charge on any atom is -0.361 e. The Balaban J connectivity index is 1.45. The molecule has 0 radical (unpaired) electrons. The maximum Gasteiger partial charge on any atom is 0.270 e. The second-order valence-corrected chi connectivity index (χ2v) is 7.98. The second-order valence-electron chi connectivity index (χ2n) is 7.98. The number of nitrogens with zero attached hydrogens (tertiary/aromatic N) is 2. The predicted octanol–water partition coefficient (Wildman–Crippen LogP) is 5.07. The van der Waals surface area contributed by atoms with Crippen LogP contribution in [0.5, 0.6) is 0 Å². The molecule has 0 atom stereocenters. The molecule has 5 aromatic rings. The van der Waals surface area contributed by atoms with Gasteiger partial charge in [-0.25, -0.2) is 4.98 Å². The first-order valence-electron chi connectivity index (χ1n) is 10.5. The topological polar surface area (TPSA) is 62.2 Å². The van der Waals surface area contributed by atoms with E-state index in [-0.39, 0.29) is 5.91 Å². The van der Waals surface area contributed by atoms with E-state index in [0.29, 0.717) is 17.9 Å². The molecule has 154 valence electrons. The highest BCUT2D eigenvalue weighted by Crippen LogP contribution is 2.25. The van der Waals surface area contributed by atoms with E-state index >= 15 is 0 Å². The van der Waals surface area contributed by atoms with Crippen LogP contribution in [0.1, 0.15) is 27.2 Å². The van der Waals surface area contributed by atoms with Gasteiger partial charge in [-0.05, 0) is 43.5 Å². The van der Waals surface area contributed by atoms with E-state index in [1.165, 1.54) is 16.5 Å². The fourth-order valence-corrected chi connectivity index (χ4v) is 4.01. The molecule has 3 aromatic heterocycles. The summed E-state index contributed by atoms with van der Waals surface area (Å²) < 4.78 is 1.89. The molecule has 0 aliphatic heterocycles. The minimum absolute atomic E-state index is 0.117. The molecule has 5 nitrogen and oxygen atoms in total. The summed E-state index contributed by atoms with van der Waals surface area (Å²) in [5, 5.41) is 4.30. The normalized spacial score (nSPS) is 11.3. The van der Waals surface area contributed by atoms with Crippen LogP contribution in [0, 0.1) is 13.8 Å². The van der Waals surface area contributed by atoms with Crippen molar-refractivity contribution in [1.29, 1.82) is 0 Å². The Hall–Kier alpha value is -3.86. The lowest BCUT2D eigenvalue weighted by Gasteiger charge is -2.08. The number of aromatic nitrogens is 3. The molecule has 5 rings (SSSR count). The molecule has 2 N–H and O–H groups in total. The smallest absolute Gasteiger partial charge is 0.270 e. The Morgan fingerprint density at radius 1 is 1.00 bits per heavy atom. The lowest BCUT2D eigenvalue weighted by molar-refractivity contribution is 0.0949. The average molecular weight is 409 g/mol. The Morgan fingerprint density at radius 3 is 2.61 bits per heavy atom. The first-order valence-corrected chi connectivity index (χ1v) is 10.5. The highest BCUT2D eigenvalue weighted by atomic mass is 16.1. The molecule has 0 fully saturated rings. The number of H-pyrrole nitrogens is 1. The molecular weight excluding hydrogens is 384 g/mol. The zero-order chi connectivity index (χ0) is 21.4. The molecule has 0 saturated carbocycles. The van der Waals surface area contributed by atoms with Gasteiger partial charge >= 0.3 is 0 Å². The van der Waals surface area contributed by atoms with Gasteiger partial charge in [-0.3, -0.25) is 9.20 Å². The molecular formula is C26H24N4O. The summed E-state index contributed by atoms with van der Waals surface area (Å²) in [4.78, 5) is 21.4. The molecule has 5 heteroatoms. The van der Waals surface area contributed by atoms with Crippen molar-refractivity contribution in [1.82, 2.24) is 19.7 Å². The summed E-state index contributed by atoms with van der Waals surface area (Å²) in [5.74, 6) is -0.117. The number of para-hydroxylation sites is 1. The third kappa shape index (κ3) is 3.59. The van der Waals surface area contributed by atoms with Crippen molar-refractivity contribution in [2.24, 2.45) is 0 Å². The maximum absolute atomic E-state index is 13.3. The van der Waals surface area contributed by atoms with Crippen molar-refractivity contribution in [2.45, 2.75) is 20.3 Å². The van der Waals surface area contributed by atoms with E-state index in [0.717, 1.165) is 28.7 Å². The minimum atomic E-state index is -0.117. The fraction of sp³-hybridized carbons (Fsp3) is 0.154. The molecule has 0 saturated heterocycles. The first-order chi connectivity index (χ1) is 15.1. The van der Waals surface area contributed by atoms with Crippen LogP contribution in [0.4, 0.5) is 0 Å². The highest BCUT2D eigenvalue weighted by molar-refractivity contribution is 5.99. The molecule has 0 spiro atoms. The Labute approximate surface area is 180 Å². The Bertz CT molecular complexity index is 1390. The number of rotatable bonds is 5. The number of aryl methyl sites for hydroxylation is 2. The third-order valence-corrected chi connectivity index (χ3v) is 5.66. The van der Waals surface area contributed by atoms with Crippen molar-refractivity contribution in [3.63, 3.8) is 0 Å². The fourth-order valence-electron chi connectivity index (χ4n) is 4.01. The van der Waals surface area contributed by atoms with Crippen molar-refractivity contribution >= 4 is 22.5 Å². The van der Waals surface area contributed by atoms with Gasteiger partial charge in [0.2, 0.25) is 0 Å². The largest absolute Gasteiger partial charge is 0.361 e. The van der Waals surface area contributed by atoms with E-state index < -0.39 is 0 Å². The summed E-state index contributed by atoms with van der Waals surface area (Å²) >= 11 is 0. The standard InChI is InChI=1S/C26H24N4O/c1-17-7-10-19(11-8-17)24-25(30-16-18(2)9-12-23(30)29-24)26(31)27-14-13-20-15-28-22-6-4-3-5-21(20)22/h3-12,15-16,28H,13-14H2,1-2H3,(H,27,31). The molecule has 1 amide bonds. The van der Waals surface area contributed by atoms with Crippen molar-refractivity contribution in [3.05, 3.63) is 95.4 Å². The van der Waals surface area contributed by atoms with E-state index in [4.69, 9.17) is 4.98 Å². The Morgan fingerprint density at radius 2 is 1.77 bits per heavy atom. The molecule has 0 unspecified atom stereocenters. The van der Waals surface area contributed by atoms with Gasteiger partial charge in [-0.15, -0.1) is 0 Å². The van der Waals surface area contributed by atoms with Gasteiger partial charge in [0, 0.05) is 35.4 Å². The van der Waals surface area contributed by atoms with Crippen molar-refractivity contribution in [3.8, 4) is 11.3 Å². The predicted molar refractivity (Wildman–Crippen MR) is 124 cm³/mol. The monoisotopic (exact) mass is 408 g/mol. The molecule has 31 heavy (non-hydrogen) atoms. The number of imidazole rings is 1. The zero-order valence-electron chi connectivity index (χ0n) is 17.6. The van der Waals surface area contributed by atoms with Crippen molar-refractivity contribution in [2.75, 3.05) is 6.54 Å². The van der Waals surface area contributed by atoms with Gasteiger partial charge < -0.3 is 10.3 Å². The SMILES string of the molecule is Cc1ccc(-c2nc3ccc(C)cn3c2C(=O)NCCc2c[nH]c3ccccc23)cc1. The number of carbonyl (C=O) groups excluding carboxylic acids is 1. The number of hydrogen-bond acceptors (Lipinski definition) is 2. The van der Waals surface area contributed by atoms with Crippen LogP contribution in [-0.4, -0.2) is 26.8 Å². The van der Waals surface area contributed by atoms with Crippen LogP contribution in [-0.2, 0) is 6.42 Å². The average Bonchev–Trinajstić information content (AvgIpc) is 3.35. The number of fused-ring (bicyclic) bond motifs is 2. The second kappa shape index (κ2) is 7.76. The third-order valence-electron chi connectivity index (χ3n) is 5.66. The van der Waals surface area contributed by atoms with Crippen LogP contribution >= 0.6 is 0 Å². The van der Waals surface area contributed by atoms with Gasteiger partial charge in [0.15, 0.2) is 0 Å². The van der Waals surface area contributed by atoms with Gasteiger partial charge in [-0.1, -0.05) is 54.1 Å². The molecule has 3 heterocycles. The van der Waals surface area contributed by atoms with Crippen molar-refractivity contribution < 1.29 is 4.79 Å². The molecule has 0 bridgehead atoms. The van der Waals surface area contributed by atoms with Crippen LogP contribution in [0.2, 0.25) is 0 Å². The van der Waals surface area contributed by atoms with Gasteiger partial charge in [-0.2, -0.15) is 0 Å². The van der Waals surface area contributed by atoms with Gasteiger partial charge in [0.05, 0.1) is 0 Å². The number of aromatic amines is 1. The molecule has 0 aliphatic carbocycles. The summed E-state index contributed by atoms with van der Waals surface area (Å²) in [7, 11) is 0. The van der Waals surface area contributed by atoms with E-state index in [2.05, 4.69) is 29.4 Å². The molecule has 0 aliphatic rings. The number of hydrogen-bond donors (Lipinski definition) is 2. The van der Waals surface area contributed by atoms with Crippen LogP contribution in [0.3, 0.4) is 0 Å². The summed E-state index contributed by atoms with van der Waals surface area (Å²) in [6.45, 7) is 4.62. The zero-order valence-corrected chi connectivity index (χ0v) is 17.6. The van der Waals surface area contributed by atoms with Gasteiger partial charge in [0.25, 0.3) is 5.91 Å². The first kappa shape index (κ1) is 19.1. The summed E-state index contributed by atoms with van der Waals surface area (Å²) in [5.41, 5.74) is 7.54. The lowest BCUT2D eigenvalue weighted by Crippen LogP contribution is -2.27. The number of carbonyl (C=O) groups is 1. The number of benzene rings is 2. The number of amides is 1. The van der Waals surface area contributed by atoms with Crippen LogP contribution in [0.25, 0.3) is 27.8 Å².